The average molecular weight is 300 g/mol. The van der Waals surface area contributed by atoms with Crippen LogP contribution in [0.2, 0.25) is 0 Å². The predicted octanol–water partition coefficient (Wildman–Crippen LogP) is 2.42. The third-order valence-electron chi connectivity index (χ3n) is 3.41. The second-order valence-corrected chi connectivity index (χ2v) is 4.88. The molecule has 0 amide bonds. The molecule has 3 aromatic rings. The van der Waals surface area contributed by atoms with Crippen molar-refractivity contribution in [1.29, 1.82) is 0 Å². The van der Waals surface area contributed by atoms with Crippen LogP contribution in [0.25, 0.3) is 17.1 Å². The van der Waals surface area contributed by atoms with E-state index >= 15 is 0 Å². The zero-order valence-electron chi connectivity index (χ0n) is 12.0. The molecule has 0 aliphatic heterocycles. The van der Waals surface area contributed by atoms with Crippen molar-refractivity contribution in [3.63, 3.8) is 0 Å². The Balaban J connectivity index is 2.25. The zero-order chi connectivity index (χ0) is 15.9. The van der Waals surface area contributed by atoms with E-state index in [4.69, 9.17) is 5.11 Å². The fraction of sp³-hybridized carbons (Fsp3) is 0.133. The molecule has 0 aliphatic rings. The Hall–Kier alpha value is -2.96. The molecule has 0 spiro atoms. The zero-order valence-corrected chi connectivity index (χ0v) is 12.0. The number of imidazole rings is 1. The maximum atomic E-state index is 14.4. The third kappa shape index (κ3) is 2.16. The molecule has 0 bridgehead atoms. The maximum Gasteiger partial charge on any atom is 0.339 e. The number of carboxylic acid groups (broad SMARTS) is 1. The van der Waals surface area contributed by atoms with Crippen molar-refractivity contribution in [3.8, 4) is 17.1 Å². The van der Waals surface area contributed by atoms with E-state index in [-0.39, 0.29) is 11.3 Å². The van der Waals surface area contributed by atoms with E-state index in [1.54, 1.807) is 43.1 Å². The van der Waals surface area contributed by atoms with Crippen molar-refractivity contribution in [2.75, 3.05) is 0 Å². The minimum atomic E-state index is -1.10. The summed E-state index contributed by atoms with van der Waals surface area (Å²) in [5.41, 5.74) is 1.06. The summed E-state index contributed by atoms with van der Waals surface area (Å²) in [4.78, 5) is 15.4. The topological polar surface area (TPSA) is 72.9 Å². The van der Waals surface area contributed by atoms with Crippen molar-refractivity contribution in [2.24, 2.45) is 7.05 Å². The maximum absolute atomic E-state index is 14.4. The van der Waals surface area contributed by atoms with Gasteiger partial charge in [-0.25, -0.2) is 18.9 Å². The van der Waals surface area contributed by atoms with Gasteiger partial charge in [0.15, 0.2) is 0 Å². The summed E-state index contributed by atoms with van der Waals surface area (Å²) in [6, 6.07) is 4.61. The predicted molar refractivity (Wildman–Crippen MR) is 77.4 cm³/mol. The van der Waals surface area contributed by atoms with Crippen LogP contribution >= 0.6 is 0 Å². The number of halogens is 1. The summed E-state index contributed by atoms with van der Waals surface area (Å²) in [6.07, 6.45) is 4.67. The van der Waals surface area contributed by atoms with Gasteiger partial charge in [-0.2, -0.15) is 5.10 Å². The number of rotatable bonds is 3. The summed E-state index contributed by atoms with van der Waals surface area (Å²) in [7, 11) is 1.80. The molecule has 2 heterocycles. The van der Waals surface area contributed by atoms with Gasteiger partial charge in [0.2, 0.25) is 0 Å². The highest BCUT2D eigenvalue weighted by atomic mass is 19.1. The van der Waals surface area contributed by atoms with Crippen LogP contribution in [0.5, 0.6) is 0 Å². The van der Waals surface area contributed by atoms with Crippen LogP contribution in [-0.2, 0) is 7.05 Å². The van der Waals surface area contributed by atoms with Gasteiger partial charge in [-0.1, -0.05) is 6.07 Å². The highest BCUT2D eigenvalue weighted by Crippen LogP contribution is 2.28. The molecule has 0 aliphatic carbocycles. The number of hydrogen-bond acceptors (Lipinski definition) is 3. The Bertz CT molecular complexity index is 866. The molecule has 0 fully saturated rings. The average Bonchev–Trinajstić information content (AvgIpc) is 3.04. The molecule has 1 N–H and O–H groups in total. The normalized spacial score (nSPS) is 10.9. The smallest absolute Gasteiger partial charge is 0.339 e. The number of aryl methyl sites for hydroxylation is 2. The van der Waals surface area contributed by atoms with Crippen LogP contribution in [0.4, 0.5) is 4.39 Å². The van der Waals surface area contributed by atoms with Crippen molar-refractivity contribution < 1.29 is 14.3 Å². The third-order valence-corrected chi connectivity index (χ3v) is 3.41. The minimum Gasteiger partial charge on any atom is -0.478 e. The van der Waals surface area contributed by atoms with Crippen LogP contribution in [0.3, 0.4) is 0 Å². The van der Waals surface area contributed by atoms with Gasteiger partial charge in [-0.05, 0) is 19.1 Å². The number of aromatic nitrogens is 4. The standard InChI is InChI=1S/C15H13FN4O2/c1-9-11(15(21)22)8-20(18-9)13-10(4-3-5-12(13)16)14-17-6-7-19(14)2/h3-8H,1-2H3,(H,21,22). The summed E-state index contributed by atoms with van der Waals surface area (Å²) < 4.78 is 17.4. The molecule has 6 nitrogen and oxygen atoms in total. The Labute approximate surface area is 125 Å². The van der Waals surface area contributed by atoms with Gasteiger partial charge in [0, 0.05) is 31.2 Å². The number of carbonyl (C=O) groups is 1. The van der Waals surface area contributed by atoms with E-state index < -0.39 is 11.8 Å². The minimum absolute atomic E-state index is 0.0362. The Kier molecular flexibility index (Phi) is 3.25. The monoisotopic (exact) mass is 300 g/mol. The molecule has 0 saturated heterocycles. The van der Waals surface area contributed by atoms with Gasteiger partial charge >= 0.3 is 5.97 Å². The second kappa shape index (κ2) is 5.10. The lowest BCUT2D eigenvalue weighted by Gasteiger charge is -2.10. The summed E-state index contributed by atoms with van der Waals surface area (Å²) >= 11 is 0. The number of nitrogens with zero attached hydrogens (tertiary/aromatic N) is 4. The molecule has 0 radical (unpaired) electrons. The molecule has 3 rings (SSSR count). The van der Waals surface area contributed by atoms with Gasteiger partial charge in [-0.3, -0.25) is 0 Å². The van der Waals surface area contributed by atoms with Gasteiger partial charge < -0.3 is 9.67 Å². The lowest BCUT2D eigenvalue weighted by molar-refractivity contribution is 0.0696. The first kappa shape index (κ1) is 14.0. The number of hydrogen-bond donors (Lipinski definition) is 1. The van der Waals surface area contributed by atoms with E-state index in [1.807, 2.05) is 0 Å². The quantitative estimate of drug-likeness (QED) is 0.806. The summed E-state index contributed by atoms with van der Waals surface area (Å²) in [6.45, 7) is 1.57. The van der Waals surface area contributed by atoms with Gasteiger partial charge in [0.25, 0.3) is 0 Å². The Morgan fingerprint density at radius 2 is 2.14 bits per heavy atom. The van der Waals surface area contributed by atoms with Crippen LogP contribution in [-0.4, -0.2) is 30.4 Å². The Morgan fingerprint density at radius 3 is 2.73 bits per heavy atom. The van der Waals surface area contributed by atoms with E-state index in [2.05, 4.69) is 10.1 Å². The van der Waals surface area contributed by atoms with Gasteiger partial charge in [0.05, 0.1) is 5.69 Å². The lowest BCUT2D eigenvalue weighted by Crippen LogP contribution is -2.04. The molecule has 2 aromatic heterocycles. The molecule has 0 unspecified atom stereocenters. The number of para-hydroxylation sites is 1. The summed E-state index contributed by atoms with van der Waals surface area (Å²) in [5.74, 6) is -1.03. The van der Waals surface area contributed by atoms with E-state index in [0.717, 1.165) is 0 Å². The number of aromatic carboxylic acids is 1. The first-order valence-corrected chi connectivity index (χ1v) is 6.55. The van der Waals surface area contributed by atoms with E-state index in [9.17, 15) is 9.18 Å². The first-order valence-electron chi connectivity index (χ1n) is 6.55. The van der Waals surface area contributed by atoms with E-state index in [0.29, 0.717) is 17.1 Å². The fourth-order valence-corrected chi connectivity index (χ4v) is 2.34. The molecule has 0 atom stereocenters. The highest BCUT2D eigenvalue weighted by Gasteiger charge is 2.19. The van der Waals surface area contributed by atoms with Gasteiger partial charge in [-0.15, -0.1) is 0 Å². The van der Waals surface area contributed by atoms with Crippen molar-refractivity contribution >= 4 is 5.97 Å². The van der Waals surface area contributed by atoms with Crippen LogP contribution < -0.4 is 0 Å². The van der Waals surface area contributed by atoms with Gasteiger partial charge in [0.1, 0.15) is 22.9 Å². The van der Waals surface area contributed by atoms with E-state index in [1.165, 1.54) is 16.9 Å². The molecule has 22 heavy (non-hydrogen) atoms. The van der Waals surface area contributed by atoms with Crippen molar-refractivity contribution in [1.82, 2.24) is 19.3 Å². The highest BCUT2D eigenvalue weighted by molar-refractivity contribution is 5.88. The fourth-order valence-electron chi connectivity index (χ4n) is 2.34. The largest absolute Gasteiger partial charge is 0.478 e. The Morgan fingerprint density at radius 1 is 1.36 bits per heavy atom. The molecular formula is C15H13FN4O2. The number of benzene rings is 1. The van der Waals surface area contributed by atoms with Crippen LogP contribution in [0.1, 0.15) is 16.1 Å². The SMILES string of the molecule is Cc1nn(-c2c(F)cccc2-c2nccn2C)cc1C(=O)O. The van der Waals surface area contributed by atoms with Crippen LogP contribution in [0.15, 0.2) is 36.8 Å². The lowest BCUT2D eigenvalue weighted by atomic mass is 10.1. The van der Waals surface area contributed by atoms with Crippen molar-refractivity contribution in [2.45, 2.75) is 6.92 Å². The first-order chi connectivity index (χ1) is 10.5. The molecule has 1 aromatic carbocycles. The molecular weight excluding hydrogens is 287 g/mol. The van der Waals surface area contributed by atoms with Crippen LogP contribution in [0, 0.1) is 12.7 Å². The second-order valence-electron chi connectivity index (χ2n) is 4.88. The summed E-state index contributed by atoms with van der Waals surface area (Å²) in [5, 5.41) is 13.3. The molecule has 7 heteroatoms. The van der Waals surface area contributed by atoms with Crippen molar-refractivity contribution in [3.05, 3.63) is 53.9 Å². The molecule has 0 saturated carbocycles. The molecule has 112 valence electrons. The number of carboxylic acids is 1.